The minimum Gasteiger partial charge on any atom is -0.487 e. The highest BCUT2D eigenvalue weighted by Gasteiger charge is 2.03. The number of nitrogens with zero attached hydrogens (tertiary/aromatic N) is 1. The van der Waals surface area contributed by atoms with Crippen LogP contribution >= 0.6 is 11.6 Å². The monoisotopic (exact) mass is 294 g/mol. The van der Waals surface area contributed by atoms with Gasteiger partial charge in [0.25, 0.3) is 0 Å². The van der Waals surface area contributed by atoms with Crippen LogP contribution in [-0.2, 0) is 6.61 Å². The van der Waals surface area contributed by atoms with Crippen LogP contribution < -0.4 is 10.1 Å². The van der Waals surface area contributed by atoms with Gasteiger partial charge in [-0.3, -0.25) is 0 Å². The lowest BCUT2D eigenvalue weighted by molar-refractivity contribution is 0.300. The number of ether oxygens (including phenoxy) is 1. The van der Waals surface area contributed by atoms with Crippen molar-refractivity contribution in [2.75, 3.05) is 11.9 Å². The summed E-state index contributed by atoms with van der Waals surface area (Å²) in [4.78, 5) is 4.41. The molecule has 1 aromatic carbocycles. The second-order valence-corrected chi connectivity index (χ2v) is 4.71. The van der Waals surface area contributed by atoms with Crippen molar-refractivity contribution in [1.29, 1.82) is 0 Å². The van der Waals surface area contributed by atoms with Crippen LogP contribution in [0.25, 0.3) is 0 Å². The Hall–Kier alpha value is -1.81. The number of rotatable bonds is 6. The minimum absolute atomic E-state index is 0.0845. The quantitative estimate of drug-likeness (QED) is 0.863. The Labute approximate surface area is 122 Å². The highest BCUT2D eigenvalue weighted by atomic mass is 35.5. The lowest BCUT2D eigenvalue weighted by Crippen LogP contribution is -2.05. The highest BCUT2D eigenvalue weighted by molar-refractivity contribution is 6.30. The molecule has 0 atom stereocenters. The molecule has 0 fully saturated rings. The van der Waals surface area contributed by atoms with Gasteiger partial charge in [-0.25, -0.2) is 9.37 Å². The summed E-state index contributed by atoms with van der Waals surface area (Å²) in [7, 11) is 0. The largest absolute Gasteiger partial charge is 0.487 e. The molecule has 0 saturated carbocycles. The van der Waals surface area contributed by atoms with E-state index in [0.29, 0.717) is 5.75 Å². The number of nitrogens with one attached hydrogen (secondary N) is 1. The number of pyridine rings is 1. The van der Waals surface area contributed by atoms with Crippen molar-refractivity contribution >= 4 is 17.4 Å². The Bertz CT molecular complexity index is 578. The number of halogens is 2. The van der Waals surface area contributed by atoms with E-state index in [1.165, 1.54) is 12.1 Å². The normalized spacial score (nSPS) is 10.3. The molecule has 20 heavy (non-hydrogen) atoms. The molecule has 0 amide bonds. The Morgan fingerprint density at radius 3 is 2.90 bits per heavy atom. The highest BCUT2D eigenvalue weighted by Crippen LogP contribution is 2.21. The summed E-state index contributed by atoms with van der Waals surface area (Å²) >= 11 is 5.62. The van der Waals surface area contributed by atoms with Crippen molar-refractivity contribution < 1.29 is 9.13 Å². The SMILES string of the molecule is CCCNc1cccc(COc2ccc(Cl)c(F)c2)n1. The first-order valence-electron chi connectivity index (χ1n) is 6.46. The maximum absolute atomic E-state index is 13.3. The first-order chi connectivity index (χ1) is 9.69. The summed E-state index contributed by atoms with van der Waals surface area (Å²) in [5.74, 6) is 0.756. The second kappa shape index (κ2) is 7.10. The Morgan fingerprint density at radius 1 is 1.30 bits per heavy atom. The van der Waals surface area contributed by atoms with Gasteiger partial charge in [-0.1, -0.05) is 24.6 Å². The predicted molar refractivity (Wildman–Crippen MR) is 78.8 cm³/mol. The second-order valence-electron chi connectivity index (χ2n) is 4.31. The third-order valence-corrected chi connectivity index (χ3v) is 2.95. The third kappa shape index (κ3) is 4.10. The fraction of sp³-hybridized carbons (Fsp3) is 0.267. The van der Waals surface area contributed by atoms with Gasteiger partial charge in [-0.15, -0.1) is 0 Å². The van der Waals surface area contributed by atoms with Crippen LogP contribution in [0.2, 0.25) is 5.02 Å². The maximum Gasteiger partial charge on any atom is 0.145 e. The molecule has 2 rings (SSSR count). The van der Waals surface area contributed by atoms with E-state index in [0.717, 1.165) is 24.5 Å². The van der Waals surface area contributed by atoms with Gasteiger partial charge in [-0.2, -0.15) is 0 Å². The molecule has 1 N–H and O–H groups in total. The van der Waals surface area contributed by atoms with E-state index < -0.39 is 5.82 Å². The predicted octanol–water partition coefficient (Wildman–Crippen LogP) is 4.28. The molecule has 5 heteroatoms. The summed E-state index contributed by atoms with van der Waals surface area (Å²) < 4.78 is 18.8. The van der Waals surface area contributed by atoms with Crippen LogP contribution in [0.4, 0.5) is 10.2 Å². The average molecular weight is 295 g/mol. The molecule has 3 nitrogen and oxygen atoms in total. The number of aromatic nitrogens is 1. The molecule has 0 radical (unpaired) electrons. The number of anilines is 1. The summed E-state index contributed by atoms with van der Waals surface area (Å²) in [6.45, 7) is 3.25. The first kappa shape index (κ1) is 14.6. The fourth-order valence-corrected chi connectivity index (χ4v) is 1.75. The number of hydrogen-bond donors (Lipinski definition) is 1. The van der Waals surface area contributed by atoms with Crippen molar-refractivity contribution in [3.63, 3.8) is 0 Å². The molecule has 0 unspecified atom stereocenters. The zero-order chi connectivity index (χ0) is 14.4. The topological polar surface area (TPSA) is 34.1 Å². The Morgan fingerprint density at radius 2 is 2.15 bits per heavy atom. The summed E-state index contributed by atoms with van der Waals surface area (Å²) in [5, 5.41) is 3.29. The van der Waals surface area contributed by atoms with Gasteiger partial charge in [0.2, 0.25) is 0 Å². The molecular formula is C15H16ClFN2O. The number of benzene rings is 1. The number of hydrogen-bond acceptors (Lipinski definition) is 3. The van der Waals surface area contributed by atoms with Gasteiger partial charge in [0, 0.05) is 12.6 Å². The van der Waals surface area contributed by atoms with Gasteiger partial charge in [0.05, 0.1) is 10.7 Å². The zero-order valence-electron chi connectivity index (χ0n) is 11.2. The van der Waals surface area contributed by atoms with Crippen molar-refractivity contribution in [1.82, 2.24) is 4.98 Å². The first-order valence-corrected chi connectivity index (χ1v) is 6.84. The molecule has 0 aliphatic carbocycles. The Kier molecular flexibility index (Phi) is 5.18. The van der Waals surface area contributed by atoms with Crippen LogP contribution in [-0.4, -0.2) is 11.5 Å². The Balaban J connectivity index is 1.97. The molecule has 0 spiro atoms. The van der Waals surface area contributed by atoms with Crippen molar-refractivity contribution in [2.45, 2.75) is 20.0 Å². The van der Waals surface area contributed by atoms with E-state index in [-0.39, 0.29) is 11.6 Å². The van der Waals surface area contributed by atoms with Crippen molar-refractivity contribution in [2.24, 2.45) is 0 Å². The van der Waals surface area contributed by atoms with Crippen LogP contribution in [0, 0.1) is 5.82 Å². The lowest BCUT2D eigenvalue weighted by Gasteiger charge is -2.08. The molecule has 0 aliphatic heterocycles. The molecule has 2 aromatic rings. The van der Waals surface area contributed by atoms with Crippen LogP contribution in [0.3, 0.4) is 0 Å². The van der Waals surface area contributed by atoms with E-state index >= 15 is 0 Å². The third-order valence-electron chi connectivity index (χ3n) is 2.64. The molecule has 0 bridgehead atoms. The zero-order valence-corrected chi connectivity index (χ0v) is 12.0. The smallest absolute Gasteiger partial charge is 0.145 e. The van der Waals surface area contributed by atoms with Gasteiger partial charge in [0.15, 0.2) is 0 Å². The van der Waals surface area contributed by atoms with E-state index in [4.69, 9.17) is 16.3 Å². The molecule has 106 valence electrons. The van der Waals surface area contributed by atoms with Crippen molar-refractivity contribution in [3.05, 3.63) is 52.9 Å². The van der Waals surface area contributed by atoms with E-state index in [9.17, 15) is 4.39 Å². The molecular weight excluding hydrogens is 279 g/mol. The van der Waals surface area contributed by atoms with Crippen LogP contribution in [0.1, 0.15) is 19.0 Å². The summed E-state index contributed by atoms with van der Waals surface area (Å²) in [5.41, 5.74) is 0.779. The van der Waals surface area contributed by atoms with Crippen LogP contribution in [0.15, 0.2) is 36.4 Å². The summed E-state index contributed by atoms with van der Waals surface area (Å²) in [6.07, 6.45) is 1.03. The van der Waals surface area contributed by atoms with Gasteiger partial charge in [0.1, 0.15) is 24.0 Å². The van der Waals surface area contributed by atoms with Gasteiger partial charge < -0.3 is 10.1 Å². The van der Waals surface area contributed by atoms with Gasteiger partial charge in [-0.05, 0) is 30.7 Å². The fourth-order valence-electron chi connectivity index (χ4n) is 1.64. The average Bonchev–Trinajstić information content (AvgIpc) is 2.47. The van der Waals surface area contributed by atoms with E-state index in [1.807, 2.05) is 18.2 Å². The molecule has 1 aromatic heterocycles. The molecule has 0 saturated heterocycles. The molecule has 0 aliphatic rings. The van der Waals surface area contributed by atoms with Crippen LogP contribution in [0.5, 0.6) is 5.75 Å². The minimum atomic E-state index is -0.490. The summed E-state index contributed by atoms with van der Waals surface area (Å²) in [6, 6.07) is 10.0. The van der Waals surface area contributed by atoms with Crippen molar-refractivity contribution in [3.8, 4) is 5.75 Å². The van der Waals surface area contributed by atoms with E-state index in [2.05, 4.69) is 17.2 Å². The van der Waals surface area contributed by atoms with E-state index in [1.54, 1.807) is 6.07 Å². The standard InChI is InChI=1S/C15H16ClFN2O/c1-2-8-18-15-5-3-4-11(19-15)10-20-12-6-7-13(16)14(17)9-12/h3-7,9H,2,8,10H2,1H3,(H,18,19). The maximum atomic E-state index is 13.3. The lowest BCUT2D eigenvalue weighted by atomic mass is 10.3. The molecule has 1 heterocycles. The van der Waals surface area contributed by atoms with Gasteiger partial charge >= 0.3 is 0 Å².